The van der Waals surface area contributed by atoms with Crippen LogP contribution in [0.1, 0.15) is 31.4 Å². The lowest BCUT2D eigenvalue weighted by Crippen LogP contribution is -2.30. The van der Waals surface area contributed by atoms with Gasteiger partial charge in [0.25, 0.3) is 0 Å². The summed E-state index contributed by atoms with van der Waals surface area (Å²) in [7, 11) is 3.46. The lowest BCUT2D eigenvalue weighted by Gasteiger charge is -2.12. The van der Waals surface area contributed by atoms with Crippen molar-refractivity contribution < 1.29 is 9.53 Å². The Morgan fingerprint density at radius 2 is 2.06 bits per heavy atom. The van der Waals surface area contributed by atoms with Crippen LogP contribution in [-0.4, -0.2) is 30.6 Å². The van der Waals surface area contributed by atoms with Crippen molar-refractivity contribution in [3.05, 3.63) is 35.9 Å². The molecule has 1 aromatic rings. The van der Waals surface area contributed by atoms with Gasteiger partial charge in [0.15, 0.2) is 0 Å². The normalized spacial score (nSPS) is 31.0. The first-order valence-corrected chi connectivity index (χ1v) is 6.04. The molecule has 3 atom stereocenters. The highest BCUT2D eigenvalue weighted by molar-refractivity contribution is 5.86. The smallest absolute Gasteiger partial charge is 0.328 e. The number of methoxy groups -OCH3 is 1. The van der Waals surface area contributed by atoms with E-state index < -0.39 is 5.54 Å². The van der Waals surface area contributed by atoms with Crippen LogP contribution in [0.5, 0.6) is 0 Å². The second kappa shape index (κ2) is 4.49. The first-order chi connectivity index (χ1) is 8.18. The van der Waals surface area contributed by atoms with E-state index in [1.807, 2.05) is 25.2 Å². The fourth-order valence-corrected chi connectivity index (χ4v) is 2.83. The van der Waals surface area contributed by atoms with E-state index in [2.05, 4.69) is 24.0 Å². The van der Waals surface area contributed by atoms with Gasteiger partial charge in [-0.1, -0.05) is 43.7 Å². The third kappa shape index (κ3) is 1.75. The largest absolute Gasteiger partial charge is 0.468 e. The van der Waals surface area contributed by atoms with Crippen LogP contribution in [0.15, 0.2) is 30.3 Å². The van der Waals surface area contributed by atoms with Crippen LogP contribution in [0.3, 0.4) is 0 Å². The van der Waals surface area contributed by atoms with E-state index in [9.17, 15) is 4.79 Å². The topological polar surface area (TPSA) is 29.3 Å². The van der Waals surface area contributed by atoms with Gasteiger partial charge >= 0.3 is 5.97 Å². The van der Waals surface area contributed by atoms with Gasteiger partial charge in [-0.05, 0) is 19.0 Å². The zero-order valence-corrected chi connectivity index (χ0v) is 10.6. The molecule has 0 saturated carbocycles. The number of carbonyl (C=O) groups excluding carboxylic acids is 1. The summed E-state index contributed by atoms with van der Waals surface area (Å²) in [6, 6.07) is 10.3. The standard InChI is InChI=1S/C14H19NO2/c1-4-10-14(13(16)17-3)12(15(14)2)11-8-6-5-7-9-11/h5-9,12H,4,10H2,1-3H3. The molecule has 0 aromatic heterocycles. The van der Waals surface area contributed by atoms with Gasteiger partial charge in [-0.3, -0.25) is 4.90 Å². The molecular formula is C14H19NO2. The molecule has 0 spiro atoms. The number of hydrogen-bond donors (Lipinski definition) is 0. The fraction of sp³-hybridized carbons (Fsp3) is 0.500. The highest BCUT2D eigenvalue weighted by Gasteiger charge is 2.66. The molecule has 17 heavy (non-hydrogen) atoms. The summed E-state index contributed by atoms with van der Waals surface area (Å²) < 4.78 is 4.97. The van der Waals surface area contributed by atoms with E-state index in [-0.39, 0.29) is 12.0 Å². The molecule has 3 heteroatoms. The zero-order valence-electron chi connectivity index (χ0n) is 10.6. The molecule has 0 N–H and O–H groups in total. The van der Waals surface area contributed by atoms with E-state index in [0.29, 0.717) is 0 Å². The average Bonchev–Trinajstić information content (AvgIpc) is 2.96. The first kappa shape index (κ1) is 12.1. The minimum atomic E-state index is -0.440. The molecule has 3 unspecified atom stereocenters. The molecule has 2 rings (SSSR count). The maximum absolute atomic E-state index is 12.0. The van der Waals surface area contributed by atoms with E-state index in [0.717, 1.165) is 12.8 Å². The van der Waals surface area contributed by atoms with E-state index in [1.165, 1.54) is 12.7 Å². The highest BCUT2D eigenvalue weighted by atomic mass is 16.5. The van der Waals surface area contributed by atoms with Gasteiger partial charge in [-0.2, -0.15) is 0 Å². The fourth-order valence-electron chi connectivity index (χ4n) is 2.83. The van der Waals surface area contributed by atoms with E-state index in [1.54, 1.807) is 0 Å². The van der Waals surface area contributed by atoms with Crippen molar-refractivity contribution in [2.45, 2.75) is 31.3 Å². The number of rotatable bonds is 4. The monoisotopic (exact) mass is 233 g/mol. The summed E-state index contributed by atoms with van der Waals surface area (Å²) in [5, 5.41) is 0. The lowest BCUT2D eigenvalue weighted by atomic mass is 9.95. The van der Waals surface area contributed by atoms with Crippen LogP contribution in [-0.2, 0) is 9.53 Å². The first-order valence-electron chi connectivity index (χ1n) is 6.04. The third-order valence-electron chi connectivity index (χ3n) is 3.69. The van der Waals surface area contributed by atoms with Crippen molar-refractivity contribution in [1.29, 1.82) is 0 Å². The molecule has 1 saturated heterocycles. The number of hydrogen-bond acceptors (Lipinski definition) is 3. The van der Waals surface area contributed by atoms with Crippen molar-refractivity contribution in [2.75, 3.05) is 14.2 Å². The van der Waals surface area contributed by atoms with Crippen LogP contribution in [0.2, 0.25) is 0 Å². The summed E-state index contributed by atoms with van der Waals surface area (Å²) in [4.78, 5) is 14.1. The Labute approximate surface area is 102 Å². The second-order valence-corrected chi connectivity index (χ2v) is 4.59. The Balaban J connectivity index is 2.29. The Morgan fingerprint density at radius 1 is 1.41 bits per heavy atom. The third-order valence-corrected chi connectivity index (χ3v) is 3.69. The van der Waals surface area contributed by atoms with Gasteiger partial charge in [0.05, 0.1) is 13.2 Å². The van der Waals surface area contributed by atoms with Gasteiger partial charge in [-0.15, -0.1) is 0 Å². The SMILES string of the molecule is CCCC1(C(=O)OC)C(c2ccccc2)N1C. The number of benzene rings is 1. The lowest BCUT2D eigenvalue weighted by molar-refractivity contribution is -0.145. The summed E-state index contributed by atoms with van der Waals surface area (Å²) in [5.41, 5.74) is 0.749. The molecule has 1 fully saturated rings. The Morgan fingerprint density at radius 3 is 2.59 bits per heavy atom. The van der Waals surface area contributed by atoms with Crippen LogP contribution in [0.25, 0.3) is 0 Å². The Kier molecular flexibility index (Phi) is 3.20. The maximum atomic E-state index is 12.0. The molecule has 0 amide bonds. The molecular weight excluding hydrogens is 214 g/mol. The van der Waals surface area contributed by atoms with Crippen LogP contribution in [0, 0.1) is 0 Å². The number of esters is 1. The minimum absolute atomic E-state index is 0.115. The van der Waals surface area contributed by atoms with Crippen LogP contribution in [0.4, 0.5) is 0 Å². The quantitative estimate of drug-likeness (QED) is 0.590. The van der Waals surface area contributed by atoms with E-state index >= 15 is 0 Å². The summed E-state index contributed by atoms with van der Waals surface area (Å²) in [6.45, 7) is 2.10. The molecule has 0 aliphatic carbocycles. The predicted octanol–water partition coefficient (Wildman–Crippen LogP) is 2.39. The van der Waals surface area contributed by atoms with Crippen molar-refractivity contribution in [3.63, 3.8) is 0 Å². The van der Waals surface area contributed by atoms with Gasteiger partial charge in [0.2, 0.25) is 0 Å². The molecule has 1 aliphatic rings. The molecule has 1 aliphatic heterocycles. The average molecular weight is 233 g/mol. The molecule has 1 aromatic carbocycles. The molecule has 0 bridgehead atoms. The van der Waals surface area contributed by atoms with Crippen molar-refractivity contribution in [1.82, 2.24) is 4.90 Å². The van der Waals surface area contributed by atoms with Crippen molar-refractivity contribution in [2.24, 2.45) is 0 Å². The van der Waals surface area contributed by atoms with E-state index in [4.69, 9.17) is 4.74 Å². The van der Waals surface area contributed by atoms with Crippen LogP contribution >= 0.6 is 0 Å². The number of nitrogens with zero attached hydrogens (tertiary/aromatic N) is 1. The van der Waals surface area contributed by atoms with Crippen LogP contribution < -0.4 is 0 Å². The Hall–Kier alpha value is -1.35. The predicted molar refractivity (Wildman–Crippen MR) is 66.6 cm³/mol. The summed E-state index contributed by atoms with van der Waals surface area (Å²) >= 11 is 0. The van der Waals surface area contributed by atoms with Gasteiger partial charge in [0.1, 0.15) is 5.54 Å². The molecule has 92 valence electrons. The second-order valence-electron chi connectivity index (χ2n) is 4.59. The van der Waals surface area contributed by atoms with Crippen molar-refractivity contribution in [3.8, 4) is 0 Å². The van der Waals surface area contributed by atoms with Gasteiger partial charge in [0, 0.05) is 0 Å². The molecule has 1 heterocycles. The summed E-state index contributed by atoms with van der Waals surface area (Å²) in [5.74, 6) is -0.115. The molecule has 3 nitrogen and oxygen atoms in total. The number of ether oxygens (including phenoxy) is 1. The van der Waals surface area contributed by atoms with Gasteiger partial charge < -0.3 is 4.74 Å². The summed E-state index contributed by atoms with van der Waals surface area (Å²) in [6.07, 6.45) is 1.82. The van der Waals surface area contributed by atoms with Crippen molar-refractivity contribution >= 4 is 5.97 Å². The maximum Gasteiger partial charge on any atom is 0.328 e. The Bertz CT molecular complexity index is 404. The number of carbonyl (C=O) groups is 1. The highest BCUT2D eigenvalue weighted by Crippen LogP contribution is 2.55. The number of likely N-dealkylation sites (N-methyl/N-ethyl adjacent to an activating group) is 1. The molecule has 0 radical (unpaired) electrons. The minimum Gasteiger partial charge on any atom is -0.468 e. The van der Waals surface area contributed by atoms with Gasteiger partial charge in [-0.25, -0.2) is 4.79 Å². The zero-order chi connectivity index (χ0) is 12.5.